The molecule has 2 aromatic heterocycles. The van der Waals surface area contributed by atoms with Crippen LogP contribution in [0, 0.1) is 10.8 Å². The van der Waals surface area contributed by atoms with Gasteiger partial charge in [-0.1, -0.05) is 0 Å². The van der Waals surface area contributed by atoms with E-state index >= 15 is 0 Å². The fourth-order valence-electron chi connectivity index (χ4n) is 1.60. The first-order valence-corrected chi connectivity index (χ1v) is 6.60. The van der Waals surface area contributed by atoms with E-state index in [4.69, 9.17) is 21.7 Å². The normalized spacial score (nSPS) is 9.96. The molecule has 132 valence electrons. The number of halogens is 1. The number of nitrogen functional groups attached to an aromatic ring is 1. The first kappa shape index (κ1) is 21.1. The number of nitrogens with zero attached hydrogens (tertiary/aromatic N) is 5. The first-order valence-electron chi connectivity index (χ1n) is 6.60. The van der Waals surface area contributed by atoms with Crippen LogP contribution in [-0.4, -0.2) is 53.1 Å². The topological polar surface area (TPSA) is 150 Å². The molecule has 24 heavy (non-hydrogen) atoms. The van der Waals surface area contributed by atoms with Crippen LogP contribution in [-0.2, 0) is 0 Å². The van der Waals surface area contributed by atoms with Gasteiger partial charge in [0, 0.05) is 30.3 Å². The molecule has 0 aliphatic rings. The van der Waals surface area contributed by atoms with Crippen molar-refractivity contribution in [1.82, 2.24) is 24.5 Å². The minimum absolute atomic E-state index is 0. The van der Waals surface area contributed by atoms with Crippen molar-refractivity contribution in [2.45, 2.75) is 26.3 Å². The fraction of sp³-hybridized carbons (Fsp3) is 0.308. The monoisotopic (exact) mass is 356 g/mol. The fourth-order valence-corrected chi connectivity index (χ4v) is 1.60. The molecule has 11 heteroatoms. The molecule has 0 aromatic carbocycles. The lowest BCUT2D eigenvalue weighted by Gasteiger charge is -2.32. The number of rotatable bonds is 0. The van der Waals surface area contributed by atoms with Gasteiger partial charge in [0.1, 0.15) is 0 Å². The Morgan fingerprint density at radius 3 is 1.83 bits per heavy atom. The second-order valence-electron chi connectivity index (χ2n) is 5.40. The summed E-state index contributed by atoms with van der Waals surface area (Å²) in [5, 5.41) is 31.1. The smallest absolute Gasteiger partial charge is 0.414 e. The minimum atomic E-state index is -1.16. The third kappa shape index (κ3) is 5.72. The maximum absolute atomic E-state index is 11.0. The van der Waals surface area contributed by atoms with Crippen LogP contribution in [0.15, 0.2) is 36.9 Å². The number of nitrogens with two attached hydrogens (primary N) is 1. The van der Waals surface area contributed by atoms with Gasteiger partial charge in [0.05, 0.1) is 0 Å². The summed E-state index contributed by atoms with van der Waals surface area (Å²) in [5.41, 5.74) is 4.37. The quantitative estimate of drug-likeness (QED) is 0.416. The van der Waals surface area contributed by atoms with Crippen molar-refractivity contribution in [2.75, 3.05) is 0 Å². The van der Waals surface area contributed by atoms with Crippen LogP contribution in [0.5, 0.6) is 0 Å². The van der Waals surface area contributed by atoms with Crippen LogP contribution in [0.25, 0.3) is 0 Å². The number of carbonyl (C=O) groups is 1. The zero-order chi connectivity index (χ0) is 17.6. The predicted molar refractivity (Wildman–Crippen MR) is 91.8 cm³/mol. The van der Waals surface area contributed by atoms with Crippen molar-refractivity contribution in [2.24, 2.45) is 5.73 Å². The summed E-state index contributed by atoms with van der Waals surface area (Å²) in [6.45, 7) is 5.16. The molecule has 0 aliphatic heterocycles. The van der Waals surface area contributed by atoms with Crippen molar-refractivity contribution < 1.29 is 9.90 Å². The highest BCUT2D eigenvalue weighted by molar-refractivity contribution is 5.93. The van der Waals surface area contributed by atoms with Gasteiger partial charge in [-0.05, 0) is 32.9 Å². The Morgan fingerprint density at radius 1 is 1.12 bits per heavy atom. The van der Waals surface area contributed by atoms with Crippen LogP contribution >= 0.6 is 12.4 Å². The van der Waals surface area contributed by atoms with Crippen LogP contribution in [0.2, 0.25) is 0 Å². The van der Waals surface area contributed by atoms with Crippen LogP contribution in [0.3, 0.4) is 0 Å². The van der Waals surface area contributed by atoms with E-state index in [2.05, 4.69) is 10.2 Å². The van der Waals surface area contributed by atoms with Crippen molar-refractivity contribution in [3.63, 3.8) is 0 Å². The number of carboxylic acid groups (broad SMARTS) is 1. The van der Waals surface area contributed by atoms with Crippen molar-refractivity contribution >= 4 is 30.4 Å². The lowest BCUT2D eigenvalue weighted by atomic mass is 10.1. The van der Waals surface area contributed by atoms with Crippen molar-refractivity contribution in [3.05, 3.63) is 36.9 Å². The first-order chi connectivity index (χ1) is 10.6. The number of hydrogen-bond acceptors (Lipinski definition) is 5. The van der Waals surface area contributed by atoms with Crippen LogP contribution in [0.1, 0.15) is 20.8 Å². The second-order valence-corrected chi connectivity index (χ2v) is 5.40. The Morgan fingerprint density at radius 2 is 1.58 bits per heavy atom. The number of aromatic nitrogens is 4. The largest absolute Gasteiger partial charge is 0.465 e. The number of hydrogen-bond donors (Lipinski definition) is 4. The maximum Gasteiger partial charge on any atom is 0.414 e. The number of amides is 1. The third-order valence-electron chi connectivity index (χ3n) is 2.55. The molecule has 2 aromatic rings. The van der Waals surface area contributed by atoms with Crippen LogP contribution in [0.4, 0.5) is 4.79 Å². The molecular weight excluding hydrogens is 336 g/mol. The van der Waals surface area contributed by atoms with Gasteiger partial charge in [-0.25, -0.2) is 19.1 Å². The Bertz CT molecular complexity index is 661. The average molecular weight is 357 g/mol. The van der Waals surface area contributed by atoms with E-state index in [1.807, 2.05) is 0 Å². The Hall–Kier alpha value is -2.88. The summed E-state index contributed by atoms with van der Waals surface area (Å²) in [7, 11) is 0. The highest BCUT2D eigenvalue weighted by atomic mass is 35.5. The van der Waals surface area contributed by atoms with Gasteiger partial charge in [0.25, 0.3) is 0 Å². The molecule has 0 saturated heterocycles. The molecule has 1 amide bonds. The highest BCUT2D eigenvalue weighted by Gasteiger charge is 2.31. The Labute approximate surface area is 145 Å². The van der Waals surface area contributed by atoms with E-state index in [9.17, 15) is 4.79 Å². The molecule has 2 heterocycles. The van der Waals surface area contributed by atoms with E-state index in [0.717, 1.165) is 4.90 Å². The molecule has 0 saturated carbocycles. The van der Waals surface area contributed by atoms with Gasteiger partial charge < -0.3 is 10.8 Å². The van der Waals surface area contributed by atoms with Crippen LogP contribution < -0.4 is 5.73 Å². The molecule has 0 unspecified atom stereocenters. The standard InChI is InChI=1S/C9H14N4O2.C4H6N4.ClH/c1-9(2,3)13(8(14)15)7(10)12-6-4-5-11-12;5-4(6)8-3-1-2-7-8;/h4-6,10H,1-3H3,(H,14,15);1-3H,(H3,5,6);1H. The summed E-state index contributed by atoms with van der Waals surface area (Å²) in [6, 6.07) is 3.35. The zero-order valence-electron chi connectivity index (χ0n) is 13.5. The summed E-state index contributed by atoms with van der Waals surface area (Å²) < 4.78 is 2.49. The average Bonchev–Trinajstić information content (AvgIpc) is 3.11. The third-order valence-corrected chi connectivity index (χ3v) is 2.55. The molecule has 10 nitrogen and oxygen atoms in total. The van der Waals surface area contributed by atoms with E-state index in [1.54, 1.807) is 45.3 Å². The summed E-state index contributed by atoms with van der Waals surface area (Å²) in [6.07, 6.45) is 5.05. The molecule has 0 radical (unpaired) electrons. The van der Waals surface area contributed by atoms with Gasteiger partial charge in [0.15, 0.2) is 0 Å². The van der Waals surface area contributed by atoms with Gasteiger partial charge in [-0.2, -0.15) is 10.2 Å². The molecule has 0 bridgehead atoms. The lowest BCUT2D eigenvalue weighted by Crippen LogP contribution is -2.51. The van der Waals surface area contributed by atoms with Gasteiger partial charge in [0.2, 0.25) is 11.9 Å². The second kappa shape index (κ2) is 8.67. The summed E-state index contributed by atoms with van der Waals surface area (Å²) >= 11 is 0. The van der Waals surface area contributed by atoms with E-state index in [0.29, 0.717) is 0 Å². The Balaban J connectivity index is 0.000000498. The molecule has 2 rings (SSSR count). The SMILES string of the molecule is CC(C)(C)N(C(=N)n1cccn1)C(=O)O.Cl.N=C(N)n1cccn1. The van der Waals surface area contributed by atoms with Crippen molar-refractivity contribution in [1.29, 1.82) is 10.8 Å². The lowest BCUT2D eigenvalue weighted by molar-refractivity contribution is 0.138. The molecule has 0 fully saturated rings. The molecule has 5 N–H and O–H groups in total. The predicted octanol–water partition coefficient (Wildman–Crippen LogP) is 1.49. The summed E-state index contributed by atoms with van der Waals surface area (Å²) in [5.74, 6) is -0.241. The van der Waals surface area contributed by atoms with E-state index < -0.39 is 11.6 Å². The molecule has 0 atom stereocenters. The minimum Gasteiger partial charge on any atom is -0.465 e. The van der Waals surface area contributed by atoms with Gasteiger partial charge in [-0.3, -0.25) is 10.8 Å². The molecular formula is C13H21ClN8O2. The summed E-state index contributed by atoms with van der Waals surface area (Å²) in [4.78, 5) is 12.0. The number of nitrogens with one attached hydrogen (secondary N) is 2. The van der Waals surface area contributed by atoms with E-state index in [1.165, 1.54) is 21.8 Å². The van der Waals surface area contributed by atoms with Gasteiger partial charge >= 0.3 is 6.09 Å². The Kier molecular flexibility index (Phi) is 7.63. The maximum atomic E-state index is 11.0. The zero-order valence-corrected chi connectivity index (χ0v) is 14.4. The van der Waals surface area contributed by atoms with Crippen molar-refractivity contribution in [3.8, 4) is 0 Å². The van der Waals surface area contributed by atoms with Gasteiger partial charge in [-0.15, -0.1) is 12.4 Å². The van der Waals surface area contributed by atoms with E-state index in [-0.39, 0.29) is 24.3 Å². The molecule has 0 spiro atoms. The molecule has 0 aliphatic carbocycles. The highest BCUT2D eigenvalue weighted by Crippen LogP contribution is 2.14.